The molecule has 0 aliphatic heterocycles. The van der Waals surface area contributed by atoms with Crippen LogP contribution in [0.15, 0.2) is 6.33 Å². The molecule has 2 aromatic heterocycles. The second-order valence-electron chi connectivity index (χ2n) is 4.17. The summed E-state index contributed by atoms with van der Waals surface area (Å²) in [7, 11) is 3.40. The maximum atomic E-state index is 5.06. The molecule has 0 aromatic carbocycles. The van der Waals surface area contributed by atoms with E-state index in [1.165, 1.54) is 7.11 Å². The van der Waals surface area contributed by atoms with E-state index in [0.29, 0.717) is 18.4 Å². The van der Waals surface area contributed by atoms with Gasteiger partial charge in [-0.25, -0.2) is 0 Å². The van der Waals surface area contributed by atoms with Gasteiger partial charge in [-0.05, 0) is 13.8 Å². The van der Waals surface area contributed by atoms with E-state index in [1.807, 2.05) is 25.5 Å². The molecule has 1 atom stereocenters. The summed E-state index contributed by atoms with van der Waals surface area (Å²) in [6.07, 6.45) is 1.64. The molecule has 0 bridgehead atoms. The summed E-state index contributed by atoms with van der Waals surface area (Å²) in [4.78, 5) is 12.5. The summed E-state index contributed by atoms with van der Waals surface area (Å²) < 4.78 is 6.90. The third-order valence-corrected chi connectivity index (χ3v) is 2.61. The molecular weight excluding hydrogens is 260 g/mol. The van der Waals surface area contributed by atoms with Crippen molar-refractivity contribution in [3.63, 3.8) is 0 Å². The third-order valence-electron chi connectivity index (χ3n) is 2.61. The van der Waals surface area contributed by atoms with E-state index in [4.69, 9.17) is 4.74 Å². The zero-order valence-corrected chi connectivity index (χ0v) is 12.0. The minimum absolute atomic E-state index is 0.0934. The Bertz CT molecular complexity index is 569. The molecule has 2 aromatic rings. The highest BCUT2D eigenvalue weighted by Gasteiger charge is 2.14. The predicted octanol–water partition coefficient (Wildman–Crippen LogP) is 0.614. The average Bonchev–Trinajstić information content (AvgIpc) is 2.85. The smallest absolute Gasteiger partial charge is 0.322 e. The van der Waals surface area contributed by atoms with Gasteiger partial charge in [-0.3, -0.25) is 0 Å². The molecule has 2 N–H and O–H groups in total. The lowest BCUT2D eigenvalue weighted by Gasteiger charge is -2.13. The van der Waals surface area contributed by atoms with Crippen LogP contribution in [0.3, 0.4) is 0 Å². The van der Waals surface area contributed by atoms with Crippen LogP contribution >= 0.6 is 0 Å². The van der Waals surface area contributed by atoms with Gasteiger partial charge in [0.1, 0.15) is 6.33 Å². The number of aryl methyl sites for hydroxylation is 1. The van der Waals surface area contributed by atoms with Gasteiger partial charge in [-0.2, -0.15) is 15.0 Å². The molecule has 20 heavy (non-hydrogen) atoms. The molecule has 0 aliphatic rings. The number of ether oxygens (including phenoxy) is 1. The van der Waals surface area contributed by atoms with Gasteiger partial charge in [0, 0.05) is 13.6 Å². The van der Waals surface area contributed by atoms with Crippen LogP contribution in [-0.2, 0) is 7.05 Å². The summed E-state index contributed by atoms with van der Waals surface area (Å²) in [6.45, 7) is 4.63. The van der Waals surface area contributed by atoms with Crippen LogP contribution in [0.25, 0.3) is 0 Å². The standard InChI is InChI=1S/C11H18N8O/c1-5-12-9-15-10(17-11(16-9)20-4)14-7(2)8-18-13-6-19(8)3/h6-7H,5H2,1-4H3,(H2,12,14,15,16,17). The molecule has 0 aliphatic carbocycles. The van der Waals surface area contributed by atoms with Crippen molar-refractivity contribution in [2.24, 2.45) is 7.05 Å². The van der Waals surface area contributed by atoms with E-state index >= 15 is 0 Å². The lowest BCUT2D eigenvalue weighted by atomic mass is 10.3. The molecule has 0 fully saturated rings. The van der Waals surface area contributed by atoms with Gasteiger partial charge in [0.15, 0.2) is 5.82 Å². The molecule has 0 amide bonds. The van der Waals surface area contributed by atoms with E-state index in [2.05, 4.69) is 35.8 Å². The fourth-order valence-corrected chi connectivity index (χ4v) is 1.69. The summed E-state index contributed by atoms with van der Waals surface area (Å²) in [5, 5.41) is 14.1. The van der Waals surface area contributed by atoms with E-state index in [1.54, 1.807) is 6.33 Å². The highest BCUT2D eigenvalue weighted by atomic mass is 16.5. The quantitative estimate of drug-likeness (QED) is 0.792. The SMILES string of the molecule is CCNc1nc(NC(C)c2nncn2C)nc(OC)n1. The Labute approximate surface area is 116 Å². The van der Waals surface area contributed by atoms with Gasteiger partial charge < -0.3 is 19.9 Å². The van der Waals surface area contributed by atoms with Crippen molar-refractivity contribution < 1.29 is 4.74 Å². The second-order valence-corrected chi connectivity index (χ2v) is 4.17. The summed E-state index contributed by atoms with van der Waals surface area (Å²) in [5.41, 5.74) is 0. The molecule has 2 rings (SSSR count). The van der Waals surface area contributed by atoms with Crippen molar-refractivity contribution in [2.75, 3.05) is 24.3 Å². The van der Waals surface area contributed by atoms with Gasteiger partial charge >= 0.3 is 6.01 Å². The highest BCUT2D eigenvalue weighted by molar-refractivity contribution is 5.36. The largest absolute Gasteiger partial charge is 0.467 e. The van der Waals surface area contributed by atoms with E-state index < -0.39 is 0 Å². The molecule has 0 radical (unpaired) electrons. The van der Waals surface area contributed by atoms with Crippen molar-refractivity contribution in [2.45, 2.75) is 19.9 Å². The molecule has 108 valence electrons. The summed E-state index contributed by atoms with van der Waals surface area (Å²) in [6, 6.07) is 0.160. The Kier molecular flexibility index (Phi) is 4.28. The van der Waals surface area contributed by atoms with Gasteiger partial charge in [-0.1, -0.05) is 0 Å². The first-order chi connectivity index (χ1) is 9.63. The average molecular weight is 278 g/mol. The lowest BCUT2D eigenvalue weighted by molar-refractivity contribution is 0.379. The minimum atomic E-state index is -0.0934. The first kappa shape index (κ1) is 14.0. The van der Waals surface area contributed by atoms with Crippen LogP contribution in [-0.4, -0.2) is 43.4 Å². The number of hydrogen-bond donors (Lipinski definition) is 2. The van der Waals surface area contributed by atoms with Crippen LogP contribution < -0.4 is 15.4 Å². The number of nitrogens with one attached hydrogen (secondary N) is 2. The topological polar surface area (TPSA) is 103 Å². The number of aromatic nitrogens is 6. The summed E-state index contributed by atoms with van der Waals surface area (Å²) in [5.74, 6) is 1.67. The molecule has 1 unspecified atom stereocenters. The number of nitrogens with zero attached hydrogens (tertiary/aromatic N) is 6. The second kappa shape index (κ2) is 6.13. The van der Waals surface area contributed by atoms with Crippen molar-refractivity contribution in [3.8, 4) is 6.01 Å². The fourth-order valence-electron chi connectivity index (χ4n) is 1.69. The van der Waals surface area contributed by atoms with Crippen LogP contribution in [0.5, 0.6) is 6.01 Å². The van der Waals surface area contributed by atoms with E-state index in [9.17, 15) is 0 Å². The van der Waals surface area contributed by atoms with E-state index in [0.717, 1.165) is 5.82 Å². The van der Waals surface area contributed by atoms with Crippen molar-refractivity contribution in [1.29, 1.82) is 0 Å². The first-order valence-corrected chi connectivity index (χ1v) is 6.28. The molecule has 0 saturated carbocycles. The van der Waals surface area contributed by atoms with Crippen LogP contribution in [0.1, 0.15) is 25.7 Å². The molecule has 2 heterocycles. The van der Waals surface area contributed by atoms with Crippen LogP contribution in [0.2, 0.25) is 0 Å². The fraction of sp³-hybridized carbons (Fsp3) is 0.545. The number of rotatable bonds is 6. The zero-order valence-electron chi connectivity index (χ0n) is 12.0. The molecular formula is C11H18N8O. The maximum absolute atomic E-state index is 5.06. The normalized spacial score (nSPS) is 12.0. The maximum Gasteiger partial charge on any atom is 0.322 e. The lowest BCUT2D eigenvalue weighted by Crippen LogP contribution is -2.15. The van der Waals surface area contributed by atoms with Gasteiger partial charge in [0.05, 0.1) is 13.2 Å². The van der Waals surface area contributed by atoms with Gasteiger partial charge in [0.2, 0.25) is 11.9 Å². The Morgan fingerprint density at radius 1 is 1.30 bits per heavy atom. The molecule has 0 spiro atoms. The van der Waals surface area contributed by atoms with Gasteiger partial charge in [0.25, 0.3) is 0 Å². The Hall–Kier alpha value is -2.45. The van der Waals surface area contributed by atoms with Gasteiger partial charge in [-0.15, -0.1) is 10.2 Å². The summed E-state index contributed by atoms with van der Waals surface area (Å²) >= 11 is 0. The van der Waals surface area contributed by atoms with Crippen LogP contribution in [0, 0.1) is 0 Å². The predicted molar refractivity (Wildman–Crippen MR) is 73.6 cm³/mol. The zero-order chi connectivity index (χ0) is 14.5. The molecule has 0 saturated heterocycles. The van der Waals surface area contributed by atoms with Crippen molar-refractivity contribution in [3.05, 3.63) is 12.2 Å². The molecule has 9 heteroatoms. The van der Waals surface area contributed by atoms with E-state index in [-0.39, 0.29) is 12.1 Å². The van der Waals surface area contributed by atoms with Crippen LogP contribution in [0.4, 0.5) is 11.9 Å². The Morgan fingerprint density at radius 2 is 2.05 bits per heavy atom. The highest BCUT2D eigenvalue weighted by Crippen LogP contribution is 2.16. The number of methoxy groups -OCH3 is 1. The molecule has 9 nitrogen and oxygen atoms in total. The number of hydrogen-bond acceptors (Lipinski definition) is 8. The third kappa shape index (κ3) is 3.11. The monoisotopic (exact) mass is 278 g/mol. The van der Waals surface area contributed by atoms with Crippen molar-refractivity contribution in [1.82, 2.24) is 29.7 Å². The van der Waals surface area contributed by atoms with Crippen molar-refractivity contribution >= 4 is 11.9 Å². The Morgan fingerprint density at radius 3 is 2.65 bits per heavy atom. The Balaban J connectivity index is 2.19. The first-order valence-electron chi connectivity index (χ1n) is 6.28. The minimum Gasteiger partial charge on any atom is -0.467 e. The number of anilines is 2.